The van der Waals surface area contributed by atoms with Crippen molar-refractivity contribution < 1.29 is 23.7 Å². The minimum absolute atomic E-state index is 0.279. The van der Waals surface area contributed by atoms with Gasteiger partial charge < -0.3 is 23.7 Å². The molecule has 6 aliphatic rings. The van der Waals surface area contributed by atoms with E-state index in [0.29, 0.717) is 26.4 Å². The number of benzene rings is 3. The van der Waals surface area contributed by atoms with Gasteiger partial charge in [0.2, 0.25) is 5.79 Å². The van der Waals surface area contributed by atoms with Crippen LogP contribution < -0.4 is 9.47 Å². The Labute approximate surface area is 259 Å². The Hall–Kier alpha value is -3.16. The Balaban J connectivity index is 1.15. The number of rotatable bonds is 9. The molecule has 228 valence electrons. The van der Waals surface area contributed by atoms with E-state index in [2.05, 4.69) is 83.8 Å². The second-order valence-corrected chi connectivity index (χ2v) is 13.6. The Bertz CT molecular complexity index is 1550. The van der Waals surface area contributed by atoms with E-state index in [4.69, 9.17) is 23.7 Å². The van der Waals surface area contributed by atoms with Crippen molar-refractivity contribution in [2.45, 2.75) is 74.1 Å². The lowest BCUT2D eigenvalue weighted by molar-refractivity contribution is -0.304. The van der Waals surface area contributed by atoms with Crippen LogP contribution in [-0.4, -0.2) is 61.3 Å². The first-order chi connectivity index (χ1) is 21.7. The highest BCUT2D eigenvalue weighted by Crippen LogP contribution is 2.69. The fourth-order valence-corrected chi connectivity index (χ4v) is 9.26. The highest BCUT2D eigenvalue weighted by molar-refractivity contribution is 5.63. The zero-order chi connectivity index (χ0) is 29.2. The molecule has 0 amide bonds. The molecule has 44 heavy (non-hydrogen) atoms. The third-order valence-corrected chi connectivity index (χ3v) is 11.3. The third kappa shape index (κ3) is 4.07. The van der Waals surface area contributed by atoms with Crippen molar-refractivity contribution in [3.05, 3.63) is 101 Å². The smallest absolute Gasteiger partial charge is 0.207 e. The van der Waals surface area contributed by atoms with E-state index in [-0.39, 0.29) is 17.6 Å². The molecule has 3 heterocycles. The number of hydrogen-bond acceptors (Lipinski definition) is 6. The van der Waals surface area contributed by atoms with E-state index < -0.39 is 11.4 Å². The van der Waals surface area contributed by atoms with Gasteiger partial charge in [0.25, 0.3) is 0 Å². The molecule has 3 aromatic rings. The number of fused-ring (bicyclic) bond motifs is 1. The van der Waals surface area contributed by atoms with Crippen LogP contribution in [0.4, 0.5) is 0 Å². The van der Waals surface area contributed by atoms with Gasteiger partial charge in [-0.1, -0.05) is 78.9 Å². The summed E-state index contributed by atoms with van der Waals surface area (Å²) in [6.45, 7) is 4.45. The number of hydrogen-bond donors (Lipinski definition) is 0. The van der Waals surface area contributed by atoms with Crippen LogP contribution in [0.5, 0.6) is 11.5 Å². The summed E-state index contributed by atoms with van der Waals surface area (Å²) < 4.78 is 34.2. The molecule has 3 aromatic carbocycles. The molecule has 4 atom stereocenters. The molecule has 3 aliphatic carbocycles. The first-order valence-corrected chi connectivity index (χ1v) is 16.6. The fourth-order valence-electron chi connectivity index (χ4n) is 9.26. The third-order valence-electron chi connectivity index (χ3n) is 11.3. The zero-order valence-corrected chi connectivity index (χ0v) is 25.3. The molecule has 3 aliphatic heterocycles. The molecule has 6 heteroatoms. The van der Waals surface area contributed by atoms with Crippen LogP contribution in [0.3, 0.4) is 0 Å². The number of piperidine rings is 1. The molecule has 4 fully saturated rings. The summed E-state index contributed by atoms with van der Waals surface area (Å²) in [5, 5.41) is 0. The second kappa shape index (κ2) is 10.4. The summed E-state index contributed by atoms with van der Waals surface area (Å²) in [4.78, 5) is 2.77. The highest BCUT2D eigenvalue weighted by atomic mass is 16.8. The molecule has 9 rings (SSSR count). The quantitative estimate of drug-likeness (QED) is 0.291. The zero-order valence-electron chi connectivity index (χ0n) is 25.3. The van der Waals surface area contributed by atoms with E-state index in [0.717, 1.165) is 61.8 Å². The Kier molecular flexibility index (Phi) is 6.45. The maximum Gasteiger partial charge on any atom is 0.207 e. The fraction of sp³-hybridized carbons (Fsp3) is 0.474. The summed E-state index contributed by atoms with van der Waals surface area (Å²) >= 11 is 0. The average Bonchev–Trinajstić information content (AvgIpc) is 3.63. The predicted octanol–water partition coefficient (Wildman–Crippen LogP) is 6.31. The standard InChI is InChI=1S/C38H41NO5/c1-3-8-27(9-4-1)12-7-21-41-37-17-18-38(42-22-23-43-38)35-36(37)19-20-39(25-28-13-14-28)32(37)24-30-15-16-31(34(44-35)33(30)36)40-26-29-10-5-2-6-11-29/h1-12,15-16,28,32,35H,13-14,17-26H2/b12-7+/t32?,35-,36+,37-/m1/s1. The van der Waals surface area contributed by atoms with E-state index in [1.165, 1.54) is 29.5 Å². The van der Waals surface area contributed by atoms with Crippen molar-refractivity contribution in [1.29, 1.82) is 0 Å². The van der Waals surface area contributed by atoms with Gasteiger partial charge in [0, 0.05) is 24.6 Å². The summed E-state index contributed by atoms with van der Waals surface area (Å²) in [5.74, 6) is 1.74. The van der Waals surface area contributed by atoms with Crippen molar-refractivity contribution >= 4 is 6.08 Å². The van der Waals surface area contributed by atoms with E-state index >= 15 is 0 Å². The van der Waals surface area contributed by atoms with Crippen molar-refractivity contribution in [3.63, 3.8) is 0 Å². The van der Waals surface area contributed by atoms with Crippen LogP contribution in [0, 0.1) is 5.92 Å². The topological polar surface area (TPSA) is 49.4 Å². The lowest BCUT2D eigenvalue weighted by atomic mass is 9.48. The van der Waals surface area contributed by atoms with Crippen molar-refractivity contribution in [2.75, 3.05) is 32.9 Å². The van der Waals surface area contributed by atoms with Crippen LogP contribution in [0.25, 0.3) is 6.08 Å². The van der Waals surface area contributed by atoms with Crippen LogP contribution in [-0.2, 0) is 32.7 Å². The minimum atomic E-state index is -0.764. The van der Waals surface area contributed by atoms with Crippen LogP contribution >= 0.6 is 0 Å². The molecule has 0 radical (unpaired) electrons. The Morgan fingerprint density at radius 3 is 2.48 bits per heavy atom. The van der Waals surface area contributed by atoms with Gasteiger partial charge in [0.05, 0.1) is 30.8 Å². The lowest BCUT2D eigenvalue weighted by Gasteiger charge is -2.66. The molecule has 0 aromatic heterocycles. The molecule has 2 saturated carbocycles. The molecule has 2 spiro atoms. The molecule has 2 saturated heterocycles. The predicted molar refractivity (Wildman–Crippen MR) is 168 cm³/mol. The maximum atomic E-state index is 7.36. The molecular weight excluding hydrogens is 550 g/mol. The number of nitrogens with zero attached hydrogens (tertiary/aromatic N) is 1. The van der Waals surface area contributed by atoms with Crippen molar-refractivity contribution in [2.24, 2.45) is 5.92 Å². The SMILES string of the molecule is C(=C\c1ccccc1)/CO[C@@]12CCC3(OCCO3)[C@@H]3Oc4c(OCc5ccccc5)ccc5c4[C@@]31CCN(CC1CC1)C2C5. The maximum absolute atomic E-state index is 7.36. The van der Waals surface area contributed by atoms with Gasteiger partial charge in [0.1, 0.15) is 6.61 Å². The van der Waals surface area contributed by atoms with E-state index in [1.54, 1.807) is 0 Å². The Morgan fingerprint density at radius 1 is 0.886 bits per heavy atom. The highest BCUT2D eigenvalue weighted by Gasteiger charge is 2.78. The second-order valence-electron chi connectivity index (χ2n) is 13.6. The summed E-state index contributed by atoms with van der Waals surface area (Å²) in [7, 11) is 0. The lowest BCUT2D eigenvalue weighted by Crippen LogP contribution is -2.80. The Morgan fingerprint density at radius 2 is 1.68 bits per heavy atom. The van der Waals surface area contributed by atoms with E-state index in [9.17, 15) is 0 Å². The summed E-state index contributed by atoms with van der Waals surface area (Å²) in [6.07, 6.45) is 10.3. The molecule has 1 unspecified atom stereocenters. The molecule has 0 N–H and O–H groups in total. The minimum Gasteiger partial charge on any atom is -0.485 e. The van der Waals surface area contributed by atoms with Crippen molar-refractivity contribution in [3.8, 4) is 11.5 Å². The summed E-state index contributed by atoms with van der Waals surface area (Å²) in [6, 6.07) is 25.6. The average molecular weight is 592 g/mol. The van der Waals surface area contributed by atoms with Crippen LogP contribution in [0.1, 0.15) is 54.4 Å². The van der Waals surface area contributed by atoms with Gasteiger partial charge in [-0.2, -0.15) is 0 Å². The number of likely N-dealkylation sites (tertiary alicyclic amines) is 1. The van der Waals surface area contributed by atoms with Crippen LogP contribution in [0.15, 0.2) is 78.9 Å². The summed E-state index contributed by atoms with van der Waals surface area (Å²) in [5.41, 5.74) is 4.20. The molecule has 2 bridgehead atoms. The number of ether oxygens (including phenoxy) is 5. The van der Waals surface area contributed by atoms with Gasteiger partial charge in [0.15, 0.2) is 17.6 Å². The van der Waals surface area contributed by atoms with Gasteiger partial charge in [-0.3, -0.25) is 4.90 Å². The van der Waals surface area contributed by atoms with Gasteiger partial charge in [-0.15, -0.1) is 0 Å². The normalized spacial score (nSPS) is 31.3. The molecule has 6 nitrogen and oxygen atoms in total. The van der Waals surface area contributed by atoms with Gasteiger partial charge in [-0.25, -0.2) is 0 Å². The molecular formula is C38H41NO5. The van der Waals surface area contributed by atoms with E-state index in [1.807, 2.05) is 6.07 Å². The first kappa shape index (κ1) is 27.2. The monoisotopic (exact) mass is 591 g/mol. The van der Waals surface area contributed by atoms with Gasteiger partial charge in [-0.05, 0) is 67.3 Å². The largest absolute Gasteiger partial charge is 0.485 e. The van der Waals surface area contributed by atoms with Crippen molar-refractivity contribution in [1.82, 2.24) is 4.90 Å². The first-order valence-electron chi connectivity index (χ1n) is 16.6. The van der Waals surface area contributed by atoms with Gasteiger partial charge >= 0.3 is 0 Å². The van der Waals surface area contributed by atoms with Crippen LogP contribution in [0.2, 0.25) is 0 Å².